The summed E-state index contributed by atoms with van der Waals surface area (Å²) >= 11 is 11.8. The van der Waals surface area contributed by atoms with Crippen molar-refractivity contribution in [3.05, 3.63) is 91.2 Å². The highest BCUT2D eigenvalue weighted by Gasteiger charge is 2.16. The summed E-state index contributed by atoms with van der Waals surface area (Å²) < 4.78 is 0.889. The number of anilines is 1. The van der Waals surface area contributed by atoms with Crippen molar-refractivity contribution in [2.24, 2.45) is 0 Å². The molecule has 126 valence electrons. The van der Waals surface area contributed by atoms with Crippen LogP contribution in [0.1, 0.15) is 10.4 Å². The summed E-state index contributed by atoms with van der Waals surface area (Å²) in [5.41, 5.74) is -0.910. The molecule has 0 saturated heterocycles. The predicted molar refractivity (Wildman–Crippen MR) is 97.1 cm³/mol. The Morgan fingerprint density at radius 1 is 1.00 bits per heavy atom. The minimum Gasteiger partial charge on any atom is -0.322 e. The maximum Gasteiger partial charge on any atom is 0.333 e. The van der Waals surface area contributed by atoms with Gasteiger partial charge in [0.2, 0.25) is 0 Å². The van der Waals surface area contributed by atoms with Gasteiger partial charge in [-0.25, -0.2) is 9.36 Å². The highest BCUT2D eigenvalue weighted by atomic mass is 35.5. The molecule has 6 nitrogen and oxygen atoms in total. The third-order valence-corrected chi connectivity index (χ3v) is 3.79. The third kappa shape index (κ3) is 3.65. The minimum absolute atomic E-state index is 0.223. The number of carbonyl (C=O) groups is 1. The molecule has 3 aromatic rings. The summed E-state index contributed by atoms with van der Waals surface area (Å²) in [6.07, 6.45) is 1.07. The van der Waals surface area contributed by atoms with E-state index in [-0.39, 0.29) is 5.56 Å². The molecule has 2 N–H and O–H groups in total. The fourth-order valence-electron chi connectivity index (χ4n) is 2.27. The van der Waals surface area contributed by atoms with Crippen LogP contribution in [0.4, 0.5) is 5.69 Å². The number of hydrogen-bond acceptors (Lipinski definition) is 3. The molecule has 0 fully saturated rings. The Labute approximate surface area is 151 Å². The Morgan fingerprint density at radius 2 is 1.64 bits per heavy atom. The Kier molecular flexibility index (Phi) is 4.74. The largest absolute Gasteiger partial charge is 0.333 e. The normalized spacial score (nSPS) is 10.5. The van der Waals surface area contributed by atoms with E-state index < -0.39 is 17.2 Å². The second kappa shape index (κ2) is 6.96. The quantitative estimate of drug-likeness (QED) is 0.737. The SMILES string of the molecule is O=C(Nc1cc(Cl)cc(Cl)c1)c1c[nH]c(=O)n(-c2ccccc2)c1=O. The standard InChI is InChI=1S/C17H11Cl2N3O3/c18-10-6-11(19)8-12(7-10)21-15(23)14-9-20-17(25)22(16(14)24)13-4-2-1-3-5-13/h1-9H,(H,20,25)(H,21,23). The lowest BCUT2D eigenvalue weighted by Crippen LogP contribution is -2.38. The number of rotatable bonds is 3. The van der Waals surface area contributed by atoms with E-state index in [1.165, 1.54) is 18.2 Å². The first-order valence-electron chi connectivity index (χ1n) is 7.13. The van der Waals surface area contributed by atoms with Crippen LogP contribution in [0.3, 0.4) is 0 Å². The van der Waals surface area contributed by atoms with Gasteiger partial charge in [0.25, 0.3) is 11.5 Å². The number of para-hydroxylation sites is 1. The van der Waals surface area contributed by atoms with Gasteiger partial charge in [-0.05, 0) is 30.3 Å². The summed E-state index contributed by atoms with van der Waals surface area (Å²) in [4.78, 5) is 39.4. The first-order valence-corrected chi connectivity index (χ1v) is 7.89. The summed E-state index contributed by atoms with van der Waals surface area (Å²) in [5, 5.41) is 3.21. The van der Waals surface area contributed by atoms with Gasteiger partial charge in [0.05, 0.1) is 5.69 Å². The molecule has 1 amide bonds. The number of amides is 1. The number of carbonyl (C=O) groups excluding carboxylic acids is 1. The van der Waals surface area contributed by atoms with Gasteiger partial charge in [-0.2, -0.15) is 0 Å². The van der Waals surface area contributed by atoms with Gasteiger partial charge in [-0.3, -0.25) is 9.59 Å². The van der Waals surface area contributed by atoms with Gasteiger partial charge >= 0.3 is 5.69 Å². The van der Waals surface area contributed by atoms with E-state index in [2.05, 4.69) is 10.3 Å². The zero-order valence-electron chi connectivity index (χ0n) is 12.6. The minimum atomic E-state index is -0.736. The summed E-state index contributed by atoms with van der Waals surface area (Å²) in [6.45, 7) is 0. The van der Waals surface area contributed by atoms with Crippen molar-refractivity contribution in [1.82, 2.24) is 9.55 Å². The van der Waals surface area contributed by atoms with Crippen LogP contribution in [-0.2, 0) is 0 Å². The number of nitrogens with zero attached hydrogens (tertiary/aromatic N) is 1. The maximum absolute atomic E-state index is 12.6. The van der Waals surface area contributed by atoms with Crippen LogP contribution in [0.2, 0.25) is 10.0 Å². The summed E-state index contributed by atoms with van der Waals surface area (Å²) in [7, 11) is 0. The molecule has 2 aromatic carbocycles. The Bertz CT molecular complexity index is 1040. The third-order valence-electron chi connectivity index (χ3n) is 3.36. The molecule has 0 bridgehead atoms. The molecule has 0 unspecified atom stereocenters. The fourth-order valence-corrected chi connectivity index (χ4v) is 2.80. The van der Waals surface area contributed by atoms with E-state index in [9.17, 15) is 14.4 Å². The van der Waals surface area contributed by atoms with Gasteiger partial charge in [-0.15, -0.1) is 0 Å². The molecular formula is C17H11Cl2N3O3. The van der Waals surface area contributed by atoms with Crippen molar-refractivity contribution >= 4 is 34.8 Å². The Hall–Kier alpha value is -2.83. The van der Waals surface area contributed by atoms with E-state index in [0.29, 0.717) is 21.4 Å². The van der Waals surface area contributed by atoms with Crippen molar-refractivity contribution in [2.75, 3.05) is 5.32 Å². The van der Waals surface area contributed by atoms with E-state index >= 15 is 0 Å². The second-order valence-electron chi connectivity index (χ2n) is 5.10. The molecule has 1 heterocycles. The first kappa shape index (κ1) is 17.0. The molecule has 3 rings (SSSR count). The molecule has 0 saturated carbocycles. The number of hydrogen-bond donors (Lipinski definition) is 2. The van der Waals surface area contributed by atoms with Gasteiger partial charge in [0, 0.05) is 21.9 Å². The van der Waals surface area contributed by atoms with E-state index in [1.807, 2.05) is 0 Å². The zero-order valence-corrected chi connectivity index (χ0v) is 14.1. The van der Waals surface area contributed by atoms with Crippen molar-refractivity contribution in [1.29, 1.82) is 0 Å². The summed E-state index contributed by atoms with van der Waals surface area (Å²) in [6, 6.07) is 12.8. The van der Waals surface area contributed by atoms with Crippen LogP contribution in [-0.4, -0.2) is 15.5 Å². The van der Waals surface area contributed by atoms with Crippen molar-refractivity contribution in [2.45, 2.75) is 0 Å². The molecule has 0 aliphatic carbocycles. The van der Waals surface area contributed by atoms with Crippen LogP contribution in [0.15, 0.2) is 64.3 Å². The van der Waals surface area contributed by atoms with Gasteiger partial charge in [-0.1, -0.05) is 41.4 Å². The molecule has 0 aliphatic rings. The lowest BCUT2D eigenvalue weighted by atomic mass is 10.2. The monoisotopic (exact) mass is 375 g/mol. The van der Waals surface area contributed by atoms with Crippen LogP contribution in [0, 0.1) is 0 Å². The van der Waals surface area contributed by atoms with Gasteiger partial charge < -0.3 is 10.3 Å². The average Bonchev–Trinajstić information content (AvgIpc) is 2.54. The van der Waals surface area contributed by atoms with Gasteiger partial charge in [0.15, 0.2) is 0 Å². The van der Waals surface area contributed by atoms with E-state index in [4.69, 9.17) is 23.2 Å². The molecule has 25 heavy (non-hydrogen) atoms. The van der Waals surface area contributed by atoms with E-state index in [0.717, 1.165) is 10.8 Å². The molecule has 0 radical (unpaired) electrons. The molecular weight excluding hydrogens is 365 g/mol. The highest BCUT2D eigenvalue weighted by Crippen LogP contribution is 2.22. The lowest BCUT2D eigenvalue weighted by molar-refractivity contribution is 0.102. The second-order valence-corrected chi connectivity index (χ2v) is 5.97. The molecule has 0 atom stereocenters. The topological polar surface area (TPSA) is 84.0 Å². The first-order chi connectivity index (χ1) is 12.0. The van der Waals surface area contributed by atoms with Crippen molar-refractivity contribution in [3.8, 4) is 5.69 Å². The number of aromatic nitrogens is 2. The Morgan fingerprint density at radius 3 is 2.28 bits per heavy atom. The number of H-pyrrole nitrogens is 1. The van der Waals surface area contributed by atoms with Crippen LogP contribution >= 0.6 is 23.2 Å². The predicted octanol–water partition coefficient (Wildman–Crippen LogP) is 3.08. The van der Waals surface area contributed by atoms with Crippen LogP contribution < -0.4 is 16.6 Å². The lowest BCUT2D eigenvalue weighted by Gasteiger charge is -2.08. The highest BCUT2D eigenvalue weighted by molar-refractivity contribution is 6.35. The fraction of sp³-hybridized carbons (Fsp3) is 0. The number of benzene rings is 2. The van der Waals surface area contributed by atoms with Gasteiger partial charge in [0.1, 0.15) is 5.56 Å². The summed E-state index contributed by atoms with van der Waals surface area (Å²) in [5.74, 6) is -0.690. The number of halogens is 2. The van der Waals surface area contributed by atoms with Crippen molar-refractivity contribution in [3.63, 3.8) is 0 Å². The van der Waals surface area contributed by atoms with E-state index in [1.54, 1.807) is 30.3 Å². The number of aromatic amines is 1. The van der Waals surface area contributed by atoms with Crippen molar-refractivity contribution < 1.29 is 4.79 Å². The number of nitrogens with one attached hydrogen (secondary N) is 2. The van der Waals surface area contributed by atoms with Crippen LogP contribution in [0.5, 0.6) is 0 Å². The smallest absolute Gasteiger partial charge is 0.322 e. The molecule has 1 aromatic heterocycles. The molecule has 8 heteroatoms. The molecule has 0 spiro atoms. The Balaban J connectivity index is 2.02. The van der Waals surface area contributed by atoms with Crippen LogP contribution in [0.25, 0.3) is 5.69 Å². The average molecular weight is 376 g/mol. The maximum atomic E-state index is 12.6. The zero-order chi connectivity index (χ0) is 18.0. The molecule has 0 aliphatic heterocycles.